The highest BCUT2D eigenvalue weighted by molar-refractivity contribution is 7.19. The molecule has 1 atom stereocenters. The van der Waals surface area contributed by atoms with Crippen LogP contribution in [0.4, 0.5) is 5.69 Å². The molecule has 3 aromatic rings. The molecule has 1 unspecified atom stereocenters. The maximum atomic E-state index is 3.72. The molecule has 0 radical (unpaired) electrons. The Morgan fingerprint density at radius 3 is 2.67 bits per heavy atom. The number of para-hydroxylation sites is 1. The molecule has 108 valence electrons. The van der Waals surface area contributed by atoms with Crippen molar-refractivity contribution in [1.29, 1.82) is 0 Å². The van der Waals surface area contributed by atoms with Gasteiger partial charge in [0.15, 0.2) is 0 Å². The first-order chi connectivity index (χ1) is 10.2. The van der Waals surface area contributed by atoms with Gasteiger partial charge in [0.2, 0.25) is 0 Å². The zero-order valence-electron chi connectivity index (χ0n) is 12.8. The second-order valence-electron chi connectivity index (χ2n) is 5.52. The third kappa shape index (κ3) is 2.81. The van der Waals surface area contributed by atoms with Gasteiger partial charge in [-0.1, -0.05) is 43.3 Å². The number of fused-ring (bicyclic) bond motifs is 1. The molecule has 21 heavy (non-hydrogen) atoms. The zero-order valence-corrected chi connectivity index (χ0v) is 13.6. The third-order valence-electron chi connectivity index (χ3n) is 3.97. The van der Waals surface area contributed by atoms with E-state index in [0.717, 1.165) is 6.42 Å². The van der Waals surface area contributed by atoms with Crippen LogP contribution >= 0.6 is 11.3 Å². The summed E-state index contributed by atoms with van der Waals surface area (Å²) in [6, 6.07) is 17.8. The number of hydrogen-bond donors (Lipinski definition) is 1. The van der Waals surface area contributed by atoms with E-state index in [-0.39, 0.29) is 0 Å². The van der Waals surface area contributed by atoms with E-state index in [0.29, 0.717) is 6.04 Å². The van der Waals surface area contributed by atoms with Crippen LogP contribution in [0.5, 0.6) is 0 Å². The number of thiophene rings is 1. The second kappa shape index (κ2) is 5.90. The molecule has 1 heterocycles. The van der Waals surface area contributed by atoms with E-state index >= 15 is 0 Å². The number of benzene rings is 2. The maximum absolute atomic E-state index is 3.72. The van der Waals surface area contributed by atoms with Crippen LogP contribution in [0.15, 0.2) is 48.5 Å². The molecule has 1 nitrogen and oxygen atoms in total. The van der Waals surface area contributed by atoms with Crippen LogP contribution in [0.25, 0.3) is 10.1 Å². The van der Waals surface area contributed by atoms with Gasteiger partial charge in [0.05, 0.1) is 6.04 Å². The van der Waals surface area contributed by atoms with Crippen LogP contribution < -0.4 is 5.32 Å². The van der Waals surface area contributed by atoms with Crippen molar-refractivity contribution in [3.63, 3.8) is 0 Å². The van der Waals surface area contributed by atoms with E-state index in [1.165, 1.54) is 31.8 Å². The molecule has 0 fully saturated rings. The Balaban J connectivity index is 1.91. The fraction of sp³-hybridized carbons (Fsp3) is 0.263. The Morgan fingerprint density at radius 1 is 1.10 bits per heavy atom. The predicted molar refractivity (Wildman–Crippen MR) is 94.4 cm³/mol. The van der Waals surface area contributed by atoms with Crippen LogP contribution in [0.2, 0.25) is 0 Å². The maximum Gasteiger partial charge on any atom is 0.0579 e. The van der Waals surface area contributed by atoms with Gasteiger partial charge >= 0.3 is 0 Å². The molecule has 0 aliphatic carbocycles. The molecule has 0 spiro atoms. The molecule has 0 bridgehead atoms. The molecular formula is C19H21NS. The van der Waals surface area contributed by atoms with Gasteiger partial charge in [0.25, 0.3) is 0 Å². The Labute approximate surface area is 130 Å². The van der Waals surface area contributed by atoms with E-state index in [4.69, 9.17) is 0 Å². The summed E-state index contributed by atoms with van der Waals surface area (Å²) < 4.78 is 1.36. The Kier molecular flexibility index (Phi) is 3.98. The molecule has 0 saturated carbocycles. The quantitative estimate of drug-likeness (QED) is 0.627. The summed E-state index contributed by atoms with van der Waals surface area (Å²) in [5.74, 6) is 0. The van der Waals surface area contributed by atoms with E-state index < -0.39 is 0 Å². The summed E-state index contributed by atoms with van der Waals surface area (Å²) in [5, 5.41) is 5.06. The topological polar surface area (TPSA) is 12.0 Å². The zero-order chi connectivity index (χ0) is 14.8. The number of rotatable bonds is 4. The summed E-state index contributed by atoms with van der Waals surface area (Å²) in [5.41, 5.74) is 4.01. The largest absolute Gasteiger partial charge is 0.377 e. The number of hydrogen-bond acceptors (Lipinski definition) is 2. The summed E-state index contributed by atoms with van der Waals surface area (Å²) >= 11 is 1.88. The SMILES string of the molecule is CCc1cccc(C)c1NC(C)c1cc2ccccc2s1. The lowest BCUT2D eigenvalue weighted by Gasteiger charge is -2.19. The Morgan fingerprint density at radius 2 is 1.90 bits per heavy atom. The lowest BCUT2D eigenvalue weighted by molar-refractivity contribution is 0.899. The summed E-state index contributed by atoms with van der Waals surface area (Å²) in [7, 11) is 0. The standard InChI is InChI=1S/C19H21NS/c1-4-15-10-7-8-13(2)19(15)20-14(3)18-12-16-9-5-6-11-17(16)21-18/h5-12,14,20H,4H2,1-3H3. The highest BCUT2D eigenvalue weighted by atomic mass is 32.1. The normalized spacial score (nSPS) is 12.5. The van der Waals surface area contributed by atoms with Gasteiger partial charge in [-0.2, -0.15) is 0 Å². The van der Waals surface area contributed by atoms with E-state index in [1.807, 2.05) is 11.3 Å². The van der Waals surface area contributed by atoms with Gasteiger partial charge in [-0.3, -0.25) is 0 Å². The van der Waals surface area contributed by atoms with Crippen molar-refractivity contribution in [3.8, 4) is 0 Å². The second-order valence-corrected chi connectivity index (χ2v) is 6.63. The first-order valence-corrected chi connectivity index (χ1v) is 8.34. The van der Waals surface area contributed by atoms with E-state index in [9.17, 15) is 0 Å². The molecule has 0 saturated heterocycles. The molecule has 1 N–H and O–H groups in total. The summed E-state index contributed by atoms with van der Waals surface area (Å²) in [6.45, 7) is 6.64. The monoisotopic (exact) mass is 295 g/mol. The van der Waals surface area contributed by atoms with Crippen LogP contribution in [-0.4, -0.2) is 0 Å². The number of anilines is 1. The van der Waals surface area contributed by atoms with Crippen LogP contribution in [-0.2, 0) is 6.42 Å². The lowest BCUT2D eigenvalue weighted by atomic mass is 10.0. The van der Waals surface area contributed by atoms with Crippen LogP contribution in [0, 0.1) is 6.92 Å². The summed E-state index contributed by atoms with van der Waals surface area (Å²) in [6.07, 6.45) is 1.06. The average molecular weight is 295 g/mol. The van der Waals surface area contributed by atoms with Crippen molar-refractivity contribution in [2.24, 2.45) is 0 Å². The molecule has 3 rings (SSSR count). The van der Waals surface area contributed by atoms with Gasteiger partial charge in [-0.15, -0.1) is 11.3 Å². The molecule has 2 heteroatoms. The predicted octanol–water partition coefficient (Wildman–Crippen LogP) is 5.95. The highest BCUT2D eigenvalue weighted by Crippen LogP contribution is 2.33. The Hall–Kier alpha value is -1.80. The van der Waals surface area contributed by atoms with Gasteiger partial charge < -0.3 is 5.32 Å². The van der Waals surface area contributed by atoms with Crippen LogP contribution in [0.1, 0.15) is 35.9 Å². The molecule has 0 aliphatic heterocycles. The number of aryl methyl sites for hydroxylation is 2. The van der Waals surface area contributed by atoms with Gasteiger partial charge in [-0.25, -0.2) is 0 Å². The first-order valence-electron chi connectivity index (χ1n) is 7.52. The van der Waals surface area contributed by atoms with Gasteiger partial charge in [-0.05, 0) is 48.9 Å². The van der Waals surface area contributed by atoms with Crippen molar-refractivity contribution < 1.29 is 0 Å². The highest BCUT2D eigenvalue weighted by Gasteiger charge is 2.12. The average Bonchev–Trinajstić information content (AvgIpc) is 2.93. The van der Waals surface area contributed by atoms with Crippen molar-refractivity contribution in [2.75, 3.05) is 5.32 Å². The van der Waals surface area contributed by atoms with Crippen molar-refractivity contribution in [2.45, 2.75) is 33.2 Å². The Bertz CT molecular complexity index is 724. The fourth-order valence-corrected chi connectivity index (χ4v) is 3.80. The molecule has 1 aromatic heterocycles. The minimum Gasteiger partial charge on any atom is -0.377 e. The van der Waals surface area contributed by atoms with Crippen LogP contribution in [0.3, 0.4) is 0 Å². The lowest BCUT2D eigenvalue weighted by Crippen LogP contribution is -2.08. The molecule has 0 amide bonds. The smallest absolute Gasteiger partial charge is 0.0579 e. The van der Waals surface area contributed by atoms with Gasteiger partial charge in [0, 0.05) is 15.3 Å². The van der Waals surface area contributed by atoms with Crippen molar-refractivity contribution in [1.82, 2.24) is 0 Å². The first kappa shape index (κ1) is 14.2. The minimum atomic E-state index is 0.328. The van der Waals surface area contributed by atoms with Gasteiger partial charge in [0.1, 0.15) is 0 Å². The minimum absolute atomic E-state index is 0.328. The van der Waals surface area contributed by atoms with E-state index in [1.54, 1.807) is 0 Å². The van der Waals surface area contributed by atoms with Crippen molar-refractivity contribution >= 4 is 27.1 Å². The molecule has 0 aliphatic rings. The molecule has 2 aromatic carbocycles. The summed E-state index contributed by atoms with van der Waals surface area (Å²) in [4.78, 5) is 1.39. The van der Waals surface area contributed by atoms with Crippen molar-refractivity contribution in [3.05, 3.63) is 64.5 Å². The number of nitrogens with one attached hydrogen (secondary N) is 1. The fourth-order valence-electron chi connectivity index (χ4n) is 2.73. The van der Waals surface area contributed by atoms with E-state index in [2.05, 4.69) is 74.6 Å². The third-order valence-corrected chi connectivity index (χ3v) is 5.27. The molecular weight excluding hydrogens is 274 g/mol.